The molecule has 0 aliphatic rings. The zero-order valence-electron chi connectivity index (χ0n) is 16.3. The molecule has 1 amide bonds. The van der Waals surface area contributed by atoms with Crippen LogP contribution in [-0.2, 0) is 13.2 Å². The van der Waals surface area contributed by atoms with Gasteiger partial charge in [0.2, 0.25) is 0 Å². The summed E-state index contributed by atoms with van der Waals surface area (Å²) in [5, 5.41) is 9.27. The highest BCUT2D eigenvalue weighted by atomic mass is 16.5. The Hall–Kier alpha value is -3.54. The van der Waals surface area contributed by atoms with Gasteiger partial charge in [0.15, 0.2) is 5.76 Å². The van der Waals surface area contributed by atoms with Crippen LogP contribution in [0.3, 0.4) is 0 Å². The second kappa shape index (κ2) is 8.65. The number of carbonyl (C=O) groups is 1. The number of fused-ring (bicyclic) bond motifs is 1. The Bertz CT molecular complexity index is 1110. The van der Waals surface area contributed by atoms with Gasteiger partial charge in [0, 0.05) is 24.7 Å². The molecule has 0 bridgehead atoms. The van der Waals surface area contributed by atoms with E-state index in [0.29, 0.717) is 12.3 Å². The van der Waals surface area contributed by atoms with Crippen molar-refractivity contribution in [2.75, 3.05) is 6.54 Å². The molecule has 6 nitrogen and oxygen atoms in total. The van der Waals surface area contributed by atoms with Crippen molar-refractivity contribution >= 4 is 16.7 Å². The Labute approximate surface area is 169 Å². The molecular formula is C23H23N3O3. The molecule has 0 atom stereocenters. The maximum atomic E-state index is 12.3. The average molecular weight is 389 g/mol. The topological polar surface area (TPSA) is 69.3 Å². The van der Waals surface area contributed by atoms with E-state index in [1.54, 1.807) is 12.1 Å². The molecule has 29 heavy (non-hydrogen) atoms. The molecule has 0 radical (unpaired) electrons. The number of furan rings is 1. The highest BCUT2D eigenvalue weighted by Gasteiger charge is 2.11. The number of rotatable bonds is 8. The third-order valence-corrected chi connectivity index (χ3v) is 4.62. The maximum absolute atomic E-state index is 12.3. The first-order valence-corrected chi connectivity index (χ1v) is 9.65. The second-order valence-electron chi connectivity index (χ2n) is 6.92. The summed E-state index contributed by atoms with van der Waals surface area (Å²) in [5.74, 6) is 1.46. The van der Waals surface area contributed by atoms with Crippen LogP contribution in [0.1, 0.15) is 28.3 Å². The zero-order chi connectivity index (χ0) is 20.1. The van der Waals surface area contributed by atoms with Gasteiger partial charge in [-0.15, -0.1) is 0 Å². The van der Waals surface area contributed by atoms with Crippen molar-refractivity contribution in [2.24, 2.45) is 0 Å². The van der Waals surface area contributed by atoms with Crippen LogP contribution >= 0.6 is 0 Å². The number of nitrogens with one attached hydrogen (secondary N) is 1. The number of aromatic nitrogens is 2. The largest absolute Gasteiger partial charge is 0.485 e. The molecule has 0 saturated heterocycles. The summed E-state index contributed by atoms with van der Waals surface area (Å²) in [6.07, 6.45) is 4.60. The van der Waals surface area contributed by atoms with Crippen LogP contribution in [0.5, 0.6) is 5.75 Å². The molecule has 2 aromatic heterocycles. The van der Waals surface area contributed by atoms with Gasteiger partial charge < -0.3 is 14.5 Å². The lowest BCUT2D eigenvalue weighted by atomic mass is 10.1. The lowest BCUT2D eigenvalue weighted by Crippen LogP contribution is -2.24. The van der Waals surface area contributed by atoms with Crippen LogP contribution < -0.4 is 10.1 Å². The number of nitrogens with zero attached hydrogens (tertiary/aromatic N) is 2. The van der Waals surface area contributed by atoms with Crippen molar-refractivity contribution in [3.05, 3.63) is 84.1 Å². The normalized spacial score (nSPS) is 10.9. The molecular weight excluding hydrogens is 366 g/mol. The third-order valence-electron chi connectivity index (χ3n) is 4.62. The Morgan fingerprint density at radius 1 is 1.14 bits per heavy atom. The number of hydrogen-bond donors (Lipinski definition) is 1. The zero-order valence-corrected chi connectivity index (χ0v) is 16.3. The minimum Gasteiger partial charge on any atom is -0.485 e. The predicted molar refractivity (Wildman–Crippen MR) is 111 cm³/mol. The minimum atomic E-state index is -0.224. The van der Waals surface area contributed by atoms with Crippen molar-refractivity contribution in [3.8, 4) is 5.75 Å². The highest BCUT2D eigenvalue weighted by molar-refractivity contribution is 5.91. The lowest BCUT2D eigenvalue weighted by Gasteiger charge is -2.08. The van der Waals surface area contributed by atoms with E-state index in [9.17, 15) is 4.79 Å². The van der Waals surface area contributed by atoms with Gasteiger partial charge in [-0.3, -0.25) is 9.48 Å². The summed E-state index contributed by atoms with van der Waals surface area (Å²) in [4.78, 5) is 12.3. The van der Waals surface area contributed by atoms with Gasteiger partial charge in [-0.25, -0.2) is 0 Å². The minimum absolute atomic E-state index is 0.224. The first-order valence-electron chi connectivity index (χ1n) is 9.65. The molecule has 0 unspecified atom stereocenters. The maximum Gasteiger partial charge on any atom is 0.286 e. The molecule has 4 aromatic rings. The van der Waals surface area contributed by atoms with Gasteiger partial charge >= 0.3 is 0 Å². The van der Waals surface area contributed by atoms with Gasteiger partial charge in [-0.1, -0.05) is 36.4 Å². The third kappa shape index (κ3) is 4.66. The van der Waals surface area contributed by atoms with E-state index >= 15 is 0 Å². The van der Waals surface area contributed by atoms with E-state index in [1.807, 2.05) is 66.5 Å². The van der Waals surface area contributed by atoms with Crippen LogP contribution in [-0.4, -0.2) is 22.2 Å². The van der Waals surface area contributed by atoms with Crippen LogP contribution in [0.15, 0.2) is 71.4 Å². The molecule has 0 aliphatic carbocycles. The molecule has 0 aliphatic heterocycles. The van der Waals surface area contributed by atoms with Gasteiger partial charge in [-0.05, 0) is 42.5 Å². The number of benzene rings is 2. The standard InChI is InChI=1S/C23H23N3O3/c1-17-14-25-26(15-17)13-5-12-24-23(27)22-11-10-19(29-22)16-28-21-9-4-7-18-6-2-3-8-20(18)21/h2-4,6-11,14-15H,5,12-13,16H2,1H3,(H,24,27). The molecule has 148 valence electrons. The molecule has 0 fully saturated rings. The smallest absolute Gasteiger partial charge is 0.286 e. The average Bonchev–Trinajstić information content (AvgIpc) is 3.38. The summed E-state index contributed by atoms with van der Waals surface area (Å²) >= 11 is 0. The highest BCUT2D eigenvalue weighted by Crippen LogP contribution is 2.26. The molecule has 2 aromatic carbocycles. The molecule has 1 N–H and O–H groups in total. The summed E-state index contributed by atoms with van der Waals surface area (Å²) in [6.45, 7) is 3.58. The summed E-state index contributed by atoms with van der Waals surface area (Å²) in [7, 11) is 0. The van der Waals surface area contributed by atoms with Gasteiger partial charge in [-0.2, -0.15) is 5.10 Å². The fraction of sp³-hybridized carbons (Fsp3) is 0.217. The van der Waals surface area contributed by atoms with E-state index in [0.717, 1.165) is 35.1 Å². The van der Waals surface area contributed by atoms with Crippen molar-refractivity contribution in [3.63, 3.8) is 0 Å². The number of carbonyl (C=O) groups excluding carboxylic acids is 1. The predicted octanol–water partition coefficient (Wildman–Crippen LogP) is 4.34. The van der Waals surface area contributed by atoms with E-state index in [1.165, 1.54) is 0 Å². The lowest BCUT2D eigenvalue weighted by molar-refractivity contribution is 0.0921. The molecule has 6 heteroatoms. The van der Waals surface area contributed by atoms with Crippen LogP contribution in [0.25, 0.3) is 10.8 Å². The Balaban J connectivity index is 1.28. The molecule has 2 heterocycles. The summed E-state index contributed by atoms with van der Waals surface area (Å²) in [5.41, 5.74) is 1.13. The molecule has 0 spiro atoms. The van der Waals surface area contributed by atoms with E-state index in [-0.39, 0.29) is 18.3 Å². The monoisotopic (exact) mass is 389 g/mol. The van der Waals surface area contributed by atoms with Crippen LogP contribution in [0.4, 0.5) is 0 Å². The summed E-state index contributed by atoms with van der Waals surface area (Å²) < 4.78 is 13.4. The van der Waals surface area contributed by atoms with Crippen molar-refractivity contribution < 1.29 is 13.9 Å². The van der Waals surface area contributed by atoms with Gasteiger partial charge in [0.1, 0.15) is 18.1 Å². The first kappa shape index (κ1) is 18.8. The fourth-order valence-corrected chi connectivity index (χ4v) is 3.17. The van der Waals surface area contributed by atoms with Crippen molar-refractivity contribution in [1.82, 2.24) is 15.1 Å². The van der Waals surface area contributed by atoms with E-state index < -0.39 is 0 Å². The van der Waals surface area contributed by atoms with Crippen molar-refractivity contribution in [1.29, 1.82) is 0 Å². The van der Waals surface area contributed by atoms with Crippen LogP contribution in [0.2, 0.25) is 0 Å². The summed E-state index contributed by atoms with van der Waals surface area (Å²) in [6, 6.07) is 17.4. The van der Waals surface area contributed by atoms with Crippen LogP contribution in [0, 0.1) is 6.92 Å². The SMILES string of the molecule is Cc1cnn(CCCNC(=O)c2ccc(COc3cccc4ccccc34)o2)c1. The van der Waals surface area contributed by atoms with E-state index in [2.05, 4.69) is 10.4 Å². The Morgan fingerprint density at radius 2 is 2.00 bits per heavy atom. The number of hydrogen-bond acceptors (Lipinski definition) is 4. The second-order valence-corrected chi connectivity index (χ2v) is 6.92. The quantitative estimate of drug-likeness (QED) is 0.455. The van der Waals surface area contributed by atoms with Gasteiger partial charge in [0.25, 0.3) is 5.91 Å². The first-order chi connectivity index (χ1) is 14.2. The Morgan fingerprint density at radius 3 is 2.86 bits per heavy atom. The fourth-order valence-electron chi connectivity index (χ4n) is 3.17. The van der Waals surface area contributed by atoms with E-state index in [4.69, 9.17) is 9.15 Å². The number of amides is 1. The Kier molecular flexibility index (Phi) is 5.61. The number of aryl methyl sites for hydroxylation is 2. The van der Waals surface area contributed by atoms with Crippen molar-refractivity contribution in [2.45, 2.75) is 26.5 Å². The molecule has 4 rings (SSSR count). The molecule has 0 saturated carbocycles. The number of ether oxygens (including phenoxy) is 1. The van der Waals surface area contributed by atoms with Gasteiger partial charge in [0.05, 0.1) is 6.20 Å².